The molecule has 1 atom stereocenters. The van der Waals surface area contributed by atoms with Gasteiger partial charge in [0.1, 0.15) is 0 Å². The number of anilines is 1. The Balaban J connectivity index is 0.00000110. The van der Waals surface area contributed by atoms with Gasteiger partial charge >= 0.3 is 0 Å². The van der Waals surface area contributed by atoms with Crippen molar-refractivity contribution >= 4 is 36.4 Å². The van der Waals surface area contributed by atoms with Crippen molar-refractivity contribution in [2.75, 3.05) is 11.9 Å². The number of imidazole rings is 1. The van der Waals surface area contributed by atoms with Crippen LogP contribution in [0.1, 0.15) is 12.8 Å². The number of hydrogen-bond acceptors (Lipinski definition) is 3. The van der Waals surface area contributed by atoms with Crippen LogP contribution >= 0.6 is 24.8 Å². The molecule has 0 saturated carbocycles. The number of halogens is 2. The largest absolute Gasteiger partial charge is 0.325 e. The molecule has 3 rings (SSSR count). The molecule has 21 heavy (non-hydrogen) atoms. The first kappa shape index (κ1) is 17.5. The van der Waals surface area contributed by atoms with E-state index in [1.807, 2.05) is 35.0 Å². The third-order valence-corrected chi connectivity index (χ3v) is 3.29. The molecule has 1 aromatic carbocycles. The van der Waals surface area contributed by atoms with Crippen LogP contribution in [0, 0.1) is 0 Å². The van der Waals surface area contributed by atoms with E-state index in [4.69, 9.17) is 0 Å². The second-order valence-electron chi connectivity index (χ2n) is 4.66. The highest BCUT2D eigenvalue weighted by Gasteiger charge is 2.21. The zero-order chi connectivity index (χ0) is 13.1. The summed E-state index contributed by atoms with van der Waals surface area (Å²) in [7, 11) is 0. The van der Waals surface area contributed by atoms with Gasteiger partial charge in [0.2, 0.25) is 5.91 Å². The van der Waals surface area contributed by atoms with Crippen molar-refractivity contribution in [3.05, 3.63) is 43.0 Å². The fourth-order valence-electron chi connectivity index (χ4n) is 2.29. The Morgan fingerprint density at radius 2 is 2.24 bits per heavy atom. The molecule has 0 radical (unpaired) electrons. The summed E-state index contributed by atoms with van der Waals surface area (Å²) in [5.74, 6) is 0.0419. The van der Waals surface area contributed by atoms with Crippen molar-refractivity contribution in [2.45, 2.75) is 18.9 Å². The van der Waals surface area contributed by atoms with E-state index in [0.29, 0.717) is 0 Å². The summed E-state index contributed by atoms with van der Waals surface area (Å²) >= 11 is 0. The van der Waals surface area contributed by atoms with Gasteiger partial charge in [-0.3, -0.25) is 4.79 Å². The summed E-state index contributed by atoms with van der Waals surface area (Å²) in [6.45, 7) is 0.924. The minimum absolute atomic E-state index is 0. The van der Waals surface area contributed by atoms with Gasteiger partial charge in [0.05, 0.1) is 12.4 Å². The van der Waals surface area contributed by atoms with Crippen LogP contribution in [0.25, 0.3) is 5.69 Å². The van der Waals surface area contributed by atoms with Crippen LogP contribution in [0.3, 0.4) is 0 Å². The van der Waals surface area contributed by atoms with Gasteiger partial charge in [0, 0.05) is 23.8 Å². The Morgan fingerprint density at radius 1 is 1.38 bits per heavy atom. The van der Waals surface area contributed by atoms with E-state index in [1.165, 1.54) is 0 Å². The molecular formula is C14H18Cl2N4O. The van der Waals surface area contributed by atoms with E-state index in [0.717, 1.165) is 30.8 Å². The van der Waals surface area contributed by atoms with Gasteiger partial charge in [-0.15, -0.1) is 24.8 Å². The monoisotopic (exact) mass is 328 g/mol. The standard InChI is InChI=1S/C14H16N4O.2ClH/c19-14(13-5-2-6-16-13)17-11-3-1-4-12(9-11)18-8-7-15-10-18;;/h1,3-4,7-10,13,16H,2,5-6H2,(H,17,19);2*1H. The molecule has 1 saturated heterocycles. The predicted octanol–water partition coefficient (Wildman–Crippen LogP) is 2.41. The van der Waals surface area contributed by atoms with E-state index >= 15 is 0 Å². The molecule has 0 spiro atoms. The zero-order valence-corrected chi connectivity index (χ0v) is 13.0. The average Bonchev–Trinajstić information content (AvgIpc) is 3.13. The van der Waals surface area contributed by atoms with Crippen LogP contribution in [0.2, 0.25) is 0 Å². The lowest BCUT2D eigenvalue weighted by Gasteiger charge is -2.12. The summed E-state index contributed by atoms with van der Waals surface area (Å²) in [5.41, 5.74) is 1.79. The molecule has 5 nitrogen and oxygen atoms in total. The third-order valence-electron chi connectivity index (χ3n) is 3.29. The fourth-order valence-corrected chi connectivity index (χ4v) is 2.29. The van der Waals surface area contributed by atoms with Crippen molar-refractivity contribution in [3.8, 4) is 5.69 Å². The first-order valence-electron chi connectivity index (χ1n) is 6.45. The summed E-state index contributed by atoms with van der Waals surface area (Å²) in [6, 6.07) is 7.68. The summed E-state index contributed by atoms with van der Waals surface area (Å²) < 4.78 is 1.91. The van der Waals surface area contributed by atoms with Gasteiger partial charge in [-0.1, -0.05) is 6.07 Å². The second-order valence-corrected chi connectivity index (χ2v) is 4.66. The van der Waals surface area contributed by atoms with E-state index in [-0.39, 0.29) is 36.8 Å². The molecule has 1 aliphatic rings. The Kier molecular flexibility index (Phi) is 6.68. The molecule has 1 unspecified atom stereocenters. The molecule has 1 aliphatic heterocycles. The van der Waals surface area contributed by atoms with Gasteiger partial charge in [0.25, 0.3) is 0 Å². The Bertz CT molecular complexity index is 568. The van der Waals surface area contributed by atoms with Crippen LogP contribution in [-0.2, 0) is 4.79 Å². The van der Waals surface area contributed by atoms with Gasteiger partial charge in [-0.2, -0.15) is 0 Å². The Morgan fingerprint density at radius 3 is 2.90 bits per heavy atom. The predicted molar refractivity (Wildman–Crippen MR) is 87.7 cm³/mol. The molecule has 2 N–H and O–H groups in total. The zero-order valence-electron chi connectivity index (χ0n) is 11.4. The molecule has 1 fully saturated rings. The van der Waals surface area contributed by atoms with Crippen molar-refractivity contribution in [2.24, 2.45) is 0 Å². The van der Waals surface area contributed by atoms with Crippen LogP contribution < -0.4 is 10.6 Å². The molecule has 2 aromatic rings. The first-order valence-corrected chi connectivity index (χ1v) is 6.45. The van der Waals surface area contributed by atoms with Crippen molar-refractivity contribution in [3.63, 3.8) is 0 Å². The molecule has 2 heterocycles. The highest BCUT2D eigenvalue weighted by Crippen LogP contribution is 2.15. The number of carbonyl (C=O) groups is 1. The quantitative estimate of drug-likeness (QED) is 0.909. The number of carbonyl (C=O) groups excluding carboxylic acids is 1. The maximum Gasteiger partial charge on any atom is 0.241 e. The second kappa shape index (κ2) is 8.02. The molecule has 114 valence electrons. The van der Waals surface area contributed by atoms with Gasteiger partial charge in [-0.25, -0.2) is 4.98 Å². The molecule has 0 aliphatic carbocycles. The van der Waals surface area contributed by atoms with Crippen LogP contribution in [0.15, 0.2) is 43.0 Å². The van der Waals surface area contributed by atoms with Crippen LogP contribution in [0.4, 0.5) is 5.69 Å². The summed E-state index contributed by atoms with van der Waals surface area (Å²) in [4.78, 5) is 16.0. The van der Waals surface area contributed by atoms with Gasteiger partial charge in [-0.05, 0) is 37.6 Å². The van der Waals surface area contributed by atoms with E-state index in [2.05, 4.69) is 15.6 Å². The lowest BCUT2D eigenvalue weighted by Crippen LogP contribution is -2.35. The Labute approximate surface area is 136 Å². The van der Waals surface area contributed by atoms with Crippen molar-refractivity contribution < 1.29 is 4.79 Å². The first-order chi connectivity index (χ1) is 9.33. The number of hydrogen-bond donors (Lipinski definition) is 2. The maximum absolute atomic E-state index is 12.0. The lowest BCUT2D eigenvalue weighted by molar-refractivity contribution is -0.117. The summed E-state index contributed by atoms with van der Waals surface area (Å²) in [6.07, 6.45) is 7.31. The van der Waals surface area contributed by atoms with Crippen molar-refractivity contribution in [1.29, 1.82) is 0 Å². The molecule has 1 amide bonds. The maximum atomic E-state index is 12.0. The van der Waals surface area contributed by atoms with Crippen LogP contribution in [-0.4, -0.2) is 28.0 Å². The molecule has 7 heteroatoms. The summed E-state index contributed by atoms with van der Waals surface area (Å²) in [5, 5.41) is 6.14. The highest BCUT2D eigenvalue weighted by atomic mass is 35.5. The number of benzene rings is 1. The fraction of sp³-hybridized carbons (Fsp3) is 0.286. The SMILES string of the molecule is Cl.Cl.O=C(Nc1cccc(-n2ccnc2)c1)C1CCCN1. The topological polar surface area (TPSA) is 59.0 Å². The highest BCUT2D eigenvalue weighted by molar-refractivity contribution is 5.95. The van der Waals surface area contributed by atoms with E-state index < -0.39 is 0 Å². The number of nitrogens with zero attached hydrogens (tertiary/aromatic N) is 2. The normalized spacial score (nSPS) is 16.7. The number of aromatic nitrogens is 2. The van der Waals surface area contributed by atoms with E-state index in [9.17, 15) is 4.79 Å². The molecule has 0 bridgehead atoms. The molecular weight excluding hydrogens is 311 g/mol. The van der Waals surface area contributed by atoms with Crippen molar-refractivity contribution in [1.82, 2.24) is 14.9 Å². The number of rotatable bonds is 3. The van der Waals surface area contributed by atoms with E-state index in [1.54, 1.807) is 12.5 Å². The molecule has 1 aromatic heterocycles. The smallest absolute Gasteiger partial charge is 0.241 e. The minimum Gasteiger partial charge on any atom is -0.325 e. The Hall–Kier alpha value is -1.56. The minimum atomic E-state index is -0.0584. The lowest BCUT2D eigenvalue weighted by atomic mass is 10.2. The third kappa shape index (κ3) is 4.20. The van der Waals surface area contributed by atoms with Gasteiger partial charge in [0.15, 0.2) is 0 Å². The van der Waals surface area contributed by atoms with Gasteiger partial charge < -0.3 is 15.2 Å². The average molecular weight is 329 g/mol. The number of amides is 1. The van der Waals surface area contributed by atoms with Crippen LogP contribution in [0.5, 0.6) is 0 Å². The number of nitrogens with one attached hydrogen (secondary N) is 2.